The average Bonchev–Trinajstić information content (AvgIpc) is 2.74. The van der Waals surface area contributed by atoms with Crippen LogP contribution in [0.2, 0.25) is 4.34 Å². The Labute approximate surface area is 156 Å². The Morgan fingerprint density at radius 2 is 1.96 bits per heavy atom. The number of alkyl carbamates (subject to hydrolysis) is 1. The second kappa shape index (κ2) is 8.70. The van der Waals surface area contributed by atoms with Crippen molar-refractivity contribution in [1.29, 1.82) is 0 Å². The van der Waals surface area contributed by atoms with Crippen molar-refractivity contribution in [2.75, 3.05) is 6.54 Å². The van der Waals surface area contributed by atoms with E-state index in [-0.39, 0.29) is 11.6 Å². The van der Waals surface area contributed by atoms with Gasteiger partial charge in [0.2, 0.25) is 0 Å². The number of hydrogen-bond donors (Lipinski definition) is 2. The number of halogens is 2. The Hall–Kier alpha value is -0.300. The first kappa shape index (κ1) is 20.7. The first-order valence-corrected chi connectivity index (χ1v) is 9.75. The van der Waals surface area contributed by atoms with Gasteiger partial charge in [-0.05, 0) is 55.6 Å². The second-order valence-electron chi connectivity index (χ2n) is 6.55. The third-order valence-corrected chi connectivity index (χ3v) is 6.05. The van der Waals surface area contributed by atoms with E-state index >= 15 is 0 Å². The summed E-state index contributed by atoms with van der Waals surface area (Å²) in [6, 6.07) is 2.01. The molecule has 23 heavy (non-hydrogen) atoms. The van der Waals surface area contributed by atoms with Crippen LogP contribution in [0.1, 0.15) is 52.3 Å². The van der Waals surface area contributed by atoms with Crippen LogP contribution in [0, 0.1) is 0 Å². The van der Waals surface area contributed by atoms with E-state index in [4.69, 9.17) is 16.3 Å². The summed E-state index contributed by atoms with van der Waals surface area (Å²) in [5, 5.41) is 6.45. The molecule has 4 nitrogen and oxygen atoms in total. The number of rotatable bonds is 7. The van der Waals surface area contributed by atoms with E-state index in [1.54, 1.807) is 11.3 Å². The quantitative estimate of drug-likeness (QED) is 0.620. The van der Waals surface area contributed by atoms with E-state index in [1.165, 1.54) is 0 Å². The van der Waals surface area contributed by atoms with Crippen LogP contribution in [-0.4, -0.2) is 23.8 Å². The molecular formula is C16H26BrClN2O2S. The fourth-order valence-electron chi connectivity index (χ4n) is 2.14. The van der Waals surface area contributed by atoms with Gasteiger partial charge in [-0.2, -0.15) is 0 Å². The molecule has 0 unspecified atom stereocenters. The zero-order valence-corrected chi connectivity index (χ0v) is 17.5. The van der Waals surface area contributed by atoms with E-state index in [0.717, 1.165) is 26.5 Å². The van der Waals surface area contributed by atoms with E-state index in [9.17, 15) is 4.79 Å². The number of carbonyl (C=O) groups excluding carboxylic acids is 1. The van der Waals surface area contributed by atoms with E-state index in [0.29, 0.717) is 13.1 Å². The lowest BCUT2D eigenvalue weighted by molar-refractivity contribution is 0.0446. The fraction of sp³-hybridized carbons (Fsp3) is 0.688. The van der Waals surface area contributed by atoms with E-state index < -0.39 is 5.60 Å². The maximum atomic E-state index is 12.1. The van der Waals surface area contributed by atoms with Crippen molar-refractivity contribution < 1.29 is 9.53 Å². The minimum absolute atomic E-state index is 0.319. The molecule has 0 saturated carbocycles. The predicted molar refractivity (Wildman–Crippen MR) is 101 cm³/mol. The van der Waals surface area contributed by atoms with Gasteiger partial charge in [-0.3, -0.25) is 0 Å². The first-order valence-electron chi connectivity index (χ1n) is 7.76. The molecule has 0 fully saturated rings. The van der Waals surface area contributed by atoms with Crippen molar-refractivity contribution in [2.24, 2.45) is 0 Å². The number of hydrogen-bond acceptors (Lipinski definition) is 4. The van der Waals surface area contributed by atoms with Gasteiger partial charge in [0.1, 0.15) is 9.94 Å². The molecule has 1 rings (SSSR count). The maximum Gasteiger partial charge on any atom is 0.408 e. The third kappa shape index (κ3) is 6.99. The number of amides is 1. The van der Waals surface area contributed by atoms with Crippen LogP contribution >= 0.6 is 38.9 Å². The van der Waals surface area contributed by atoms with E-state index in [1.807, 2.05) is 26.8 Å². The van der Waals surface area contributed by atoms with Crippen LogP contribution in [-0.2, 0) is 11.3 Å². The molecule has 0 aromatic carbocycles. The van der Waals surface area contributed by atoms with Crippen LogP contribution in [0.4, 0.5) is 4.79 Å². The van der Waals surface area contributed by atoms with Gasteiger partial charge in [0.15, 0.2) is 0 Å². The van der Waals surface area contributed by atoms with Gasteiger partial charge >= 0.3 is 6.09 Å². The second-order valence-corrected chi connectivity index (χ2v) is 9.15. The Kier molecular flexibility index (Phi) is 7.84. The first-order chi connectivity index (χ1) is 10.6. The molecule has 1 aromatic rings. The molecule has 1 heterocycles. The maximum absolute atomic E-state index is 12.1. The summed E-state index contributed by atoms with van der Waals surface area (Å²) in [6.45, 7) is 11.1. The molecule has 0 radical (unpaired) electrons. The Morgan fingerprint density at radius 1 is 1.35 bits per heavy atom. The molecule has 0 aliphatic carbocycles. The predicted octanol–water partition coefficient (Wildman–Crippen LogP) is 5.34. The molecule has 0 saturated heterocycles. The van der Waals surface area contributed by atoms with Crippen molar-refractivity contribution in [2.45, 2.75) is 65.1 Å². The van der Waals surface area contributed by atoms with Crippen LogP contribution in [0.25, 0.3) is 0 Å². The number of nitrogens with one attached hydrogen (secondary N) is 2. The van der Waals surface area contributed by atoms with Crippen molar-refractivity contribution in [1.82, 2.24) is 10.6 Å². The van der Waals surface area contributed by atoms with E-state index in [2.05, 4.69) is 40.4 Å². The largest absolute Gasteiger partial charge is 0.444 e. The molecule has 0 aliphatic heterocycles. The summed E-state index contributed by atoms with van der Waals surface area (Å²) in [5.41, 5.74) is -0.814. The monoisotopic (exact) mass is 424 g/mol. The number of carbonyl (C=O) groups is 1. The SMILES string of the molecule is CCC(CC)(CNCc1cc(Br)c(Cl)s1)NC(=O)OC(C)(C)C. The molecular weight excluding hydrogens is 400 g/mol. The normalized spacial score (nSPS) is 12.3. The van der Waals surface area contributed by atoms with Gasteiger partial charge in [0.05, 0.1) is 5.54 Å². The summed E-state index contributed by atoms with van der Waals surface area (Å²) in [4.78, 5) is 13.2. The molecule has 0 atom stereocenters. The molecule has 2 N–H and O–H groups in total. The number of thiophene rings is 1. The minimum Gasteiger partial charge on any atom is -0.444 e. The highest BCUT2D eigenvalue weighted by Crippen LogP contribution is 2.31. The standard InChI is InChI=1S/C16H26BrClN2O2S/c1-6-16(7-2,20-14(21)22-15(3,4)5)10-19-9-11-8-12(17)13(18)23-11/h8,19H,6-7,9-10H2,1-5H3,(H,20,21). The topological polar surface area (TPSA) is 50.4 Å². The average molecular weight is 426 g/mol. The minimum atomic E-state index is -0.495. The number of ether oxygens (including phenoxy) is 1. The summed E-state index contributed by atoms with van der Waals surface area (Å²) in [5.74, 6) is 0. The Balaban J connectivity index is 2.60. The van der Waals surface area contributed by atoms with Crippen LogP contribution in [0.15, 0.2) is 10.5 Å². The zero-order valence-electron chi connectivity index (χ0n) is 14.4. The molecule has 0 aliphatic rings. The highest BCUT2D eigenvalue weighted by Gasteiger charge is 2.30. The third-order valence-electron chi connectivity index (χ3n) is 3.58. The summed E-state index contributed by atoms with van der Waals surface area (Å²) in [7, 11) is 0. The molecule has 132 valence electrons. The Bertz CT molecular complexity index is 505. The van der Waals surface area contributed by atoms with Crippen molar-refractivity contribution >= 4 is 45.0 Å². The molecule has 7 heteroatoms. The molecule has 1 amide bonds. The smallest absolute Gasteiger partial charge is 0.408 e. The van der Waals surface area contributed by atoms with Gasteiger partial charge < -0.3 is 15.4 Å². The summed E-state index contributed by atoms with van der Waals surface area (Å²) < 4.78 is 7.06. The molecule has 0 spiro atoms. The fourth-order valence-corrected chi connectivity index (χ4v) is 3.90. The lowest BCUT2D eigenvalue weighted by atomic mass is 9.93. The van der Waals surface area contributed by atoms with Gasteiger partial charge in [0.25, 0.3) is 0 Å². The van der Waals surface area contributed by atoms with Crippen molar-refractivity contribution in [3.8, 4) is 0 Å². The lowest BCUT2D eigenvalue weighted by Crippen LogP contribution is -2.55. The van der Waals surface area contributed by atoms with Crippen molar-refractivity contribution in [3.63, 3.8) is 0 Å². The Morgan fingerprint density at radius 3 is 2.39 bits per heavy atom. The van der Waals surface area contributed by atoms with Gasteiger partial charge in [-0.15, -0.1) is 11.3 Å². The highest BCUT2D eigenvalue weighted by molar-refractivity contribution is 9.10. The van der Waals surface area contributed by atoms with Gasteiger partial charge in [-0.25, -0.2) is 4.79 Å². The highest BCUT2D eigenvalue weighted by atomic mass is 79.9. The summed E-state index contributed by atoms with van der Waals surface area (Å²) in [6.07, 6.45) is 1.28. The van der Waals surface area contributed by atoms with Gasteiger partial charge in [-0.1, -0.05) is 25.4 Å². The van der Waals surface area contributed by atoms with Crippen LogP contribution in [0.5, 0.6) is 0 Å². The zero-order chi connectivity index (χ0) is 17.7. The molecule has 0 bridgehead atoms. The molecule has 1 aromatic heterocycles. The summed E-state index contributed by atoms with van der Waals surface area (Å²) >= 11 is 11.0. The van der Waals surface area contributed by atoms with Crippen LogP contribution in [0.3, 0.4) is 0 Å². The van der Waals surface area contributed by atoms with Gasteiger partial charge in [0, 0.05) is 22.4 Å². The van der Waals surface area contributed by atoms with Crippen molar-refractivity contribution in [3.05, 3.63) is 19.8 Å². The lowest BCUT2D eigenvalue weighted by Gasteiger charge is -2.34. The van der Waals surface area contributed by atoms with Crippen LogP contribution < -0.4 is 10.6 Å².